The summed E-state index contributed by atoms with van der Waals surface area (Å²) < 4.78 is 33.5. The number of sulfonamides is 1. The minimum Gasteiger partial charge on any atom is -0.494 e. The predicted molar refractivity (Wildman–Crippen MR) is 95.0 cm³/mol. The maximum absolute atomic E-state index is 12.5. The van der Waals surface area contributed by atoms with Gasteiger partial charge in [-0.15, -0.1) is 0 Å². The highest BCUT2D eigenvalue weighted by Gasteiger charge is 2.18. The standard InChI is InChI=1S/C16H14N2O5S2/c1-2-23-11-6-7-13-14(9-11)24-16(17-13)18-25(21,22)12-5-3-4-10(8-12)15(19)20/h3-9H,2H2,1H3,(H,17,18)(H,19,20). The number of hydrogen-bond donors (Lipinski definition) is 2. The molecular weight excluding hydrogens is 364 g/mol. The summed E-state index contributed by atoms with van der Waals surface area (Å²) >= 11 is 1.17. The lowest BCUT2D eigenvalue weighted by Gasteiger charge is -2.05. The largest absolute Gasteiger partial charge is 0.494 e. The third-order valence-corrected chi connectivity index (χ3v) is 5.68. The van der Waals surface area contributed by atoms with Crippen molar-refractivity contribution < 1.29 is 23.1 Å². The Labute approximate surface area is 148 Å². The molecule has 0 aliphatic rings. The quantitative estimate of drug-likeness (QED) is 0.682. The number of fused-ring (bicyclic) bond motifs is 1. The molecule has 0 atom stereocenters. The number of carboxylic acid groups (broad SMARTS) is 1. The second-order valence-corrected chi connectivity index (χ2v) is 7.73. The molecule has 3 rings (SSSR count). The van der Waals surface area contributed by atoms with E-state index in [2.05, 4.69) is 9.71 Å². The van der Waals surface area contributed by atoms with E-state index in [4.69, 9.17) is 9.84 Å². The van der Waals surface area contributed by atoms with Crippen LogP contribution >= 0.6 is 11.3 Å². The number of benzene rings is 2. The SMILES string of the molecule is CCOc1ccc2nc(NS(=O)(=O)c3cccc(C(=O)O)c3)sc2c1. The summed E-state index contributed by atoms with van der Waals surface area (Å²) in [5.41, 5.74) is 0.541. The Hall–Kier alpha value is -2.65. The van der Waals surface area contributed by atoms with Crippen molar-refractivity contribution in [1.29, 1.82) is 0 Å². The lowest BCUT2D eigenvalue weighted by Crippen LogP contribution is -2.13. The zero-order valence-corrected chi connectivity index (χ0v) is 14.7. The van der Waals surface area contributed by atoms with E-state index < -0.39 is 16.0 Å². The Balaban J connectivity index is 1.91. The zero-order chi connectivity index (χ0) is 18.0. The minimum absolute atomic E-state index is 0.103. The Kier molecular flexibility index (Phi) is 4.60. The van der Waals surface area contributed by atoms with Gasteiger partial charge in [0.05, 0.1) is 27.3 Å². The molecule has 0 bridgehead atoms. The van der Waals surface area contributed by atoms with E-state index in [-0.39, 0.29) is 15.6 Å². The van der Waals surface area contributed by atoms with Crippen molar-refractivity contribution in [3.63, 3.8) is 0 Å². The molecule has 0 aliphatic heterocycles. The third kappa shape index (κ3) is 3.72. The number of carbonyl (C=O) groups is 1. The van der Waals surface area contributed by atoms with Crippen LogP contribution in [0, 0.1) is 0 Å². The van der Waals surface area contributed by atoms with Gasteiger partial charge in [-0.1, -0.05) is 17.4 Å². The summed E-state index contributed by atoms with van der Waals surface area (Å²) in [4.78, 5) is 15.1. The number of aromatic nitrogens is 1. The van der Waals surface area contributed by atoms with Crippen LogP contribution in [0.3, 0.4) is 0 Å². The van der Waals surface area contributed by atoms with Gasteiger partial charge < -0.3 is 9.84 Å². The molecule has 1 aromatic heterocycles. The van der Waals surface area contributed by atoms with Crippen molar-refractivity contribution in [1.82, 2.24) is 4.98 Å². The van der Waals surface area contributed by atoms with E-state index in [0.717, 1.165) is 10.8 Å². The van der Waals surface area contributed by atoms with Crippen LogP contribution in [0.4, 0.5) is 5.13 Å². The first kappa shape index (κ1) is 17.2. The van der Waals surface area contributed by atoms with Crippen molar-refractivity contribution in [2.24, 2.45) is 0 Å². The number of carboxylic acids is 1. The lowest BCUT2D eigenvalue weighted by molar-refractivity contribution is 0.0696. The van der Waals surface area contributed by atoms with Gasteiger partial charge in [-0.05, 0) is 43.3 Å². The van der Waals surface area contributed by atoms with Crippen molar-refractivity contribution in [3.8, 4) is 5.75 Å². The molecule has 0 amide bonds. The number of anilines is 1. The first-order valence-corrected chi connectivity index (χ1v) is 9.58. The van der Waals surface area contributed by atoms with Crippen LogP contribution in [0.25, 0.3) is 10.2 Å². The Bertz CT molecular complexity index is 1040. The molecule has 130 valence electrons. The summed E-state index contributed by atoms with van der Waals surface area (Å²) in [5.74, 6) is -0.511. The second kappa shape index (κ2) is 6.69. The number of thiazole rings is 1. The average molecular weight is 378 g/mol. The highest BCUT2D eigenvalue weighted by Crippen LogP contribution is 2.30. The Morgan fingerprint density at radius 3 is 2.80 bits per heavy atom. The molecule has 0 radical (unpaired) electrons. The monoisotopic (exact) mass is 378 g/mol. The van der Waals surface area contributed by atoms with Gasteiger partial charge in [0.25, 0.3) is 10.0 Å². The van der Waals surface area contributed by atoms with E-state index in [9.17, 15) is 13.2 Å². The molecular formula is C16H14N2O5S2. The summed E-state index contributed by atoms with van der Waals surface area (Å²) in [6.07, 6.45) is 0. The average Bonchev–Trinajstić information content (AvgIpc) is 2.96. The fourth-order valence-corrected chi connectivity index (χ4v) is 4.35. The molecule has 0 saturated carbocycles. The molecule has 2 aromatic carbocycles. The summed E-state index contributed by atoms with van der Waals surface area (Å²) in [6.45, 7) is 2.41. The normalized spacial score (nSPS) is 11.4. The molecule has 0 aliphatic carbocycles. The van der Waals surface area contributed by atoms with E-state index in [1.807, 2.05) is 6.92 Å². The maximum atomic E-state index is 12.5. The van der Waals surface area contributed by atoms with Crippen LogP contribution in [0.5, 0.6) is 5.75 Å². The van der Waals surface area contributed by atoms with Crippen molar-refractivity contribution in [3.05, 3.63) is 48.0 Å². The number of hydrogen-bond acceptors (Lipinski definition) is 6. The van der Waals surface area contributed by atoms with Crippen LogP contribution in [0.15, 0.2) is 47.4 Å². The van der Waals surface area contributed by atoms with Crippen molar-refractivity contribution in [2.75, 3.05) is 11.3 Å². The molecule has 0 saturated heterocycles. The van der Waals surface area contributed by atoms with Crippen LogP contribution in [-0.4, -0.2) is 31.1 Å². The van der Waals surface area contributed by atoms with Gasteiger partial charge in [-0.3, -0.25) is 4.72 Å². The highest BCUT2D eigenvalue weighted by molar-refractivity contribution is 7.93. The number of aromatic carboxylic acids is 1. The highest BCUT2D eigenvalue weighted by atomic mass is 32.2. The molecule has 9 heteroatoms. The van der Waals surface area contributed by atoms with Gasteiger partial charge in [0.1, 0.15) is 5.75 Å². The second-order valence-electron chi connectivity index (χ2n) is 5.02. The van der Waals surface area contributed by atoms with Crippen LogP contribution in [0.1, 0.15) is 17.3 Å². The molecule has 2 N–H and O–H groups in total. The topological polar surface area (TPSA) is 106 Å². The van der Waals surface area contributed by atoms with Crippen LogP contribution < -0.4 is 9.46 Å². The van der Waals surface area contributed by atoms with Crippen molar-refractivity contribution in [2.45, 2.75) is 11.8 Å². The fourth-order valence-electron chi connectivity index (χ4n) is 2.18. The number of ether oxygens (including phenoxy) is 1. The summed E-state index contributed by atoms with van der Waals surface area (Å²) in [6, 6.07) is 10.4. The zero-order valence-electron chi connectivity index (χ0n) is 13.1. The van der Waals surface area contributed by atoms with Crippen LogP contribution in [0.2, 0.25) is 0 Å². The molecule has 7 nitrogen and oxygen atoms in total. The lowest BCUT2D eigenvalue weighted by atomic mass is 10.2. The van der Waals surface area contributed by atoms with E-state index in [0.29, 0.717) is 17.9 Å². The molecule has 25 heavy (non-hydrogen) atoms. The maximum Gasteiger partial charge on any atom is 0.335 e. The number of nitrogens with zero attached hydrogens (tertiary/aromatic N) is 1. The Morgan fingerprint density at radius 2 is 2.08 bits per heavy atom. The van der Waals surface area contributed by atoms with Gasteiger partial charge in [0.15, 0.2) is 5.13 Å². The van der Waals surface area contributed by atoms with E-state index in [1.165, 1.54) is 29.5 Å². The molecule has 1 heterocycles. The van der Waals surface area contributed by atoms with Gasteiger partial charge in [-0.25, -0.2) is 18.2 Å². The summed E-state index contributed by atoms with van der Waals surface area (Å²) in [7, 11) is -3.93. The van der Waals surface area contributed by atoms with E-state index >= 15 is 0 Å². The molecule has 3 aromatic rings. The van der Waals surface area contributed by atoms with Crippen LogP contribution in [-0.2, 0) is 10.0 Å². The minimum atomic E-state index is -3.93. The summed E-state index contributed by atoms with van der Waals surface area (Å²) in [5, 5.41) is 9.19. The first-order valence-electron chi connectivity index (χ1n) is 7.28. The number of rotatable bonds is 6. The fraction of sp³-hybridized carbons (Fsp3) is 0.125. The molecule has 0 spiro atoms. The van der Waals surface area contributed by atoms with Gasteiger partial charge in [0, 0.05) is 0 Å². The van der Waals surface area contributed by atoms with E-state index in [1.54, 1.807) is 18.2 Å². The Morgan fingerprint density at radius 1 is 1.28 bits per heavy atom. The van der Waals surface area contributed by atoms with Gasteiger partial charge >= 0.3 is 5.97 Å². The first-order chi connectivity index (χ1) is 11.9. The van der Waals surface area contributed by atoms with Gasteiger partial charge in [-0.2, -0.15) is 0 Å². The predicted octanol–water partition coefficient (Wildman–Crippen LogP) is 3.19. The smallest absolute Gasteiger partial charge is 0.335 e. The van der Waals surface area contributed by atoms with Gasteiger partial charge in [0.2, 0.25) is 0 Å². The molecule has 0 unspecified atom stereocenters. The van der Waals surface area contributed by atoms with Crippen molar-refractivity contribution >= 4 is 42.7 Å². The molecule has 0 fully saturated rings. The third-order valence-electron chi connectivity index (χ3n) is 3.28. The number of nitrogens with one attached hydrogen (secondary N) is 1.